The van der Waals surface area contributed by atoms with Crippen molar-refractivity contribution in [1.29, 1.82) is 0 Å². The molecule has 0 saturated carbocycles. The third-order valence-corrected chi connectivity index (χ3v) is 7.19. The van der Waals surface area contributed by atoms with E-state index in [0.29, 0.717) is 45.0 Å². The van der Waals surface area contributed by atoms with Gasteiger partial charge in [-0.1, -0.05) is 38.1 Å². The van der Waals surface area contributed by atoms with Gasteiger partial charge in [0.1, 0.15) is 5.56 Å². The Balaban J connectivity index is 0.00000157. The lowest BCUT2D eigenvalue weighted by molar-refractivity contribution is 0.0746. The van der Waals surface area contributed by atoms with Crippen molar-refractivity contribution in [3.8, 4) is 0 Å². The number of para-hydroxylation sites is 1. The topological polar surface area (TPSA) is 104 Å². The van der Waals surface area contributed by atoms with E-state index in [0.717, 1.165) is 15.8 Å². The number of fused-ring (bicyclic) bond motifs is 1. The fraction of sp³-hybridized carbons (Fsp3) is 0.444. The molecule has 1 aliphatic heterocycles. The molecule has 0 bridgehead atoms. The van der Waals surface area contributed by atoms with Crippen molar-refractivity contribution in [1.82, 2.24) is 25.4 Å². The van der Waals surface area contributed by atoms with E-state index in [-0.39, 0.29) is 29.1 Å². The lowest BCUT2D eigenvalue weighted by Gasteiger charge is -2.37. The molecule has 0 atom stereocenters. The van der Waals surface area contributed by atoms with Crippen LogP contribution in [0.15, 0.2) is 46.6 Å². The van der Waals surface area contributed by atoms with E-state index in [9.17, 15) is 14.4 Å². The van der Waals surface area contributed by atoms with E-state index in [4.69, 9.17) is 0 Å². The Bertz CT molecular complexity index is 1250. The highest BCUT2D eigenvalue weighted by Crippen LogP contribution is 2.30. The molecule has 3 heterocycles. The molecule has 1 fully saturated rings. The number of aryl methyl sites for hydroxylation is 1. The van der Waals surface area contributed by atoms with Gasteiger partial charge in [0.05, 0.1) is 16.1 Å². The van der Waals surface area contributed by atoms with E-state index in [1.54, 1.807) is 23.6 Å². The van der Waals surface area contributed by atoms with Crippen LogP contribution in [0.5, 0.6) is 0 Å². The minimum Gasteiger partial charge on any atom is -0.367 e. The van der Waals surface area contributed by atoms with Gasteiger partial charge in [-0.15, -0.1) is 11.3 Å². The Kier molecular flexibility index (Phi) is 10.8. The molecule has 1 aliphatic rings. The third kappa shape index (κ3) is 6.38. The number of aromatic nitrogens is 1. The van der Waals surface area contributed by atoms with Crippen molar-refractivity contribution in [2.75, 3.05) is 65.3 Å². The summed E-state index contributed by atoms with van der Waals surface area (Å²) in [5, 5.41) is 2.77. The fourth-order valence-corrected chi connectivity index (χ4v) is 5.02. The molecule has 0 aliphatic carbocycles. The van der Waals surface area contributed by atoms with E-state index >= 15 is 0 Å². The number of piperazine rings is 1. The first kappa shape index (κ1) is 30.0. The highest BCUT2D eigenvalue weighted by molar-refractivity contribution is 7.12. The maximum Gasteiger partial charge on any atom is 0.265 e. The van der Waals surface area contributed by atoms with E-state index in [1.807, 2.05) is 79.5 Å². The monoisotopic (exact) mass is 528 g/mol. The van der Waals surface area contributed by atoms with Crippen molar-refractivity contribution in [3.05, 3.63) is 62.6 Å². The molecule has 0 radical (unpaired) electrons. The van der Waals surface area contributed by atoms with Gasteiger partial charge in [0.25, 0.3) is 17.4 Å². The number of thiophene rings is 1. The standard InChI is InChI=1S/C25H31N5O3S.C2H6.H3N/c1-26(2)11-12-27(3)24(32)21-22(18-8-5-6-9-19(18)28(4)25(21)33)29-13-15-30(16-14-29)23(31)20-10-7-17-34-20;1-2;/h5-10,17H,11-16H2,1-4H3;1-2H3;1H3. The number of carbonyl (C=O) groups excluding carboxylic acids is 2. The Morgan fingerprint density at radius 2 is 1.59 bits per heavy atom. The Hall–Kier alpha value is -3.21. The quantitative estimate of drug-likeness (QED) is 0.526. The maximum absolute atomic E-state index is 13.6. The van der Waals surface area contributed by atoms with Crippen LogP contribution in [0.25, 0.3) is 10.9 Å². The number of likely N-dealkylation sites (N-methyl/N-ethyl adjacent to an activating group) is 2. The average Bonchev–Trinajstić information content (AvgIpc) is 3.45. The zero-order valence-corrected chi connectivity index (χ0v) is 23.7. The number of amides is 2. The smallest absolute Gasteiger partial charge is 0.265 e. The van der Waals surface area contributed by atoms with Crippen molar-refractivity contribution >= 4 is 39.7 Å². The molecule has 4 rings (SSSR count). The SMILES string of the molecule is CC.CN(C)CCN(C)C(=O)c1c(N2CCN(C(=O)c3cccs3)CC2)c2ccccc2n(C)c1=O.N. The predicted octanol–water partition coefficient (Wildman–Crippen LogP) is 3.38. The van der Waals surface area contributed by atoms with Gasteiger partial charge < -0.3 is 30.3 Å². The normalized spacial score (nSPS) is 13.2. The molecule has 0 spiro atoms. The molecule has 202 valence electrons. The fourth-order valence-electron chi connectivity index (χ4n) is 4.33. The second kappa shape index (κ2) is 13.4. The second-order valence-electron chi connectivity index (χ2n) is 8.89. The van der Waals surface area contributed by atoms with Crippen molar-refractivity contribution in [2.24, 2.45) is 7.05 Å². The minimum atomic E-state index is -0.299. The molecular formula is C27H40N6O3S. The summed E-state index contributed by atoms with van der Waals surface area (Å²) in [6.45, 7) is 7.39. The highest BCUT2D eigenvalue weighted by atomic mass is 32.1. The molecule has 10 heteroatoms. The summed E-state index contributed by atoms with van der Waals surface area (Å²) in [7, 11) is 7.36. The van der Waals surface area contributed by atoms with Crippen molar-refractivity contribution in [2.45, 2.75) is 13.8 Å². The van der Waals surface area contributed by atoms with Crippen LogP contribution in [-0.4, -0.2) is 91.5 Å². The first-order valence-electron chi connectivity index (χ1n) is 12.4. The summed E-state index contributed by atoms with van der Waals surface area (Å²) in [6, 6.07) is 11.4. The summed E-state index contributed by atoms with van der Waals surface area (Å²) >= 11 is 1.44. The second-order valence-corrected chi connectivity index (χ2v) is 9.84. The molecular weight excluding hydrogens is 488 g/mol. The molecule has 0 unspecified atom stereocenters. The number of anilines is 1. The minimum absolute atomic E-state index is 0. The van der Waals surface area contributed by atoms with Crippen LogP contribution in [0.2, 0.25) is 0 Å². The van der Waals surface area contributed by atoms with Gasteiger partial charge in [0, 0.05) is 58.8 Å². The van der Waals surface area contributed by atoms with Gasteiger partial charge in [-0.25, -0.2) is 0 Å². The molecule has 9 nitrogen and oxygen atoms in total. The van der Waals surface area contributed by atoms with Crippen LogP contribution < -0.4 is 16.6 Å². The number of carbonyl (C=O) groups is 2. The predicted molar refractivity (Wildman–Crippen MR) is 154 cm³/mol. The van der Waals surface area contributed by atoms with Crippen LogP contribution in [0.1, 0.15) is 33.9 Å². The number of benzene rings is 1. The number of hydrogen-bond acceptors (Lipinski definition) is 7. The number of pyridine rings is 1. The van der Waals surface area contributed by atoms with Crippen molar-refractivity contribution < 1.29 is 9.59 Å². The van der Waals surface area contributed by atoms with Crippen LogP contribution in [0, 0.1) is 0 Å². The first-order valence-corrected chi connectivity index (χ1v) is 13.3. The third-order valence-electron chi connectivity index (χ3n) is 6.33. The van der Waals surface area contributed by atoms with E-state index in [2.05, 4.69) is 4.90 Å². The molecule has 3 N–H and O–H groups in total. The number of nitrogens with zero attached hydrogens (tertiary/aromatic N) is 5. The van der Waals surface area contributed by atoms with Gasteiger partial charge in [-0.05, 0) is 31.6 Å². The van der Waals surface area contributed by atoms with Gasteiger partial charge in [-0.2, -0.15) is 0 Å². The zero-order valence-electron chi connectivity index (χ0n) is 22.9. The van der Waals surface area contributed by atoms with Crippen LogP contribution in [0.4, 0.5) is 5.69 Å². The Morgan fingerprint density at radius 1 is 0.946 bits per heavy atom. The Labute approximate surface area is 223 Å². The lowest BCUT2D eigenvalue weighted by Crippen LogP contribution is -2.50. The summed E-state index contributed by atoms with van der Waals surface area (Å²) in [5.74, 6) is -0.247. The first-order chi connectivity index (χ1) is 17.3. The van der Waals surface area contributed by atoms with E-state index < -0.39 is 0 Å². The highest BCUT2D eigenvalue weighted by Gasteiger charge is 2.30. The summed E-state index contributed by atoms with van der Waals surface area (Å²) in [6.07, 6.45) is 0. The van der Waals surface area contributed by atoms with Crippen LogP contribution in [0.3, 0.4) is 0 Å². The molecule has 1 saturated heterocycles. The molecule has 3 aromatic rings. The molecule has 37 heavy (non-hydrogen) atoms. The largest absolute Gasteiger partial charge is 0.367 e. The van der Waals surface area contributed by atoms with Gasteiger partial charge in [0.15, 0.2) is 0 Å². The van der Waals surface area contributed by atoms with Crippen LogP contribution in [-0.2, 0) is 7.05 Å². The zero-order chi connectivity index (χ0) is 26.4. The summed E-state index contributed by atoms with van der Waals surface area (Å²) in [4.78, 5) is 48.1. The van der Waals surface area contributed by atoms with Gasteiger partial charge in [0.2, 0.25) is 0 Å². The summed E-state index contributed by atoms with van der Waals surface area (Å²) < 4.78 is 1.56. The van der Waals surface area contributed by atoms with Crippen LogP contribution >= 0.6 is 11.3 Å². The molecule has 1 aromatic carbocycles. The van der Waals surface area contributed by atoms with E-state index in [1.165, 1.54) is 11.3 Å². The average molecular weight is 529 g/mol. The molecule has 2 aromatic heterocycles. The number of rotatable bonds is 6. The summed E-state index contributed by atoms with van der Waals surface area (Å²) in [5.41, 5.74) is 1.35. The maximum atomic E-state index is 13.6. The Morgan fingerprint density at radius 3 is 2.19 bits per heavy atom. The van der Waals surface area contributed by atoms with Gasteiger partial charge >= 0.3 is 0 Å². The van der Waals surface area contributed by atoms with Crippen molar-refractivity contribution in [3.63, 3.8) is 0 Å². The lowest BCUT2D eigenvalue weighted by atomic mass is 10.0. The molecule has 2 amide bonds. The number of hydrogen-bond donors (Lipinski definition) is 1. The van der Waals surface area contributed by atoms with Gasteiger partial charge in [-0.3, -0.25) is 14.4 Å².